The van der Waals surface area contributed by atoms with Crippen LogP contribution in [0.15, 0.2) is 35.2 Å². The smallest absolute Gasteiger partial charge is 0.244 e. The zero-order valence-corrected chi connectivity index (χ0v) is 16.1. The van der Waals surface area contributed by atoms with Crippen LogP contribution in [-0.2, 0) is 14.8 Å². The molecular formula is C18H26N4O3S. The minimum atomic E-state index is -3.59. The number of para-hydroxylation sites is 1. The van der Waals surface area contributed by atoms with E-state index in [2.05, 4.69) is 14.7 Å². The molecule has 3 rings (SSSR count). The molecule has 0 bridgehead atoms. The number of hydrogen-bond donors (Lipinski definition) is 1. The molecule has 1 fully saturated rings. The van der Waals surface area contributed by atoms with Crippen molar-refractivity contribution in [3.63, 3.8) is 0 Å². The molecule has 7 nitrogen and oxygen atoms in total. The first-order chi connectivity index (χ1) is 12.5. The van der Waals surface area contributed by atoms with Crippen molar-refractivity contribution in [2.75, 3.05) is 39.4 Å². The number of ether oxygens (including phenoxy) is 1. The van der Waals surface area contributed by atoms with E-state index in [1.54, 1.807) is 18.5 Å². The predicted octanol–water partition coefficient (Wildman–Crippen LogP) is 1.49. The van der Waals surface area contributed by atoms with Crippen molar-refractivity contribution in [1.29, 1.82) is 0 Å². The Morgan fingerprint density at radius 1 is 1.15 bits per heavy atom. The first-order valence-corrected chi connectivity index (χ1v) is 10.4. The van der Waals surface area contributed by atoms with Gasteiger partial charge in [-0.25, -0.2) is 17.8 Å². The average Bonchev–Trinajstić information content (AvgIpc) is 2.95. The van der Waals surface area contributed by atoms with Gasteiger partial charge in [-0.1, -0.05) is 18.2 Å². The van der Waals surface area contributed by atoms with E-state index in [-0.39, 0.29) is 4.90 Å². The van der Waals surface area contributed by atoms with Crippen molar-refractivity contribution in [3.8, 4) is 5.69 Å². The van der Waals surface area contributed by atoms with Gasteiger partial charge in [-0.2, -0.15) is 5.10 Å². The van der Waals surface area contributed by atoms with E-state index in [0.717, 1.165) is 45.0 Å². The van der Waals surface area contributed by atoms with Crippen molar-refractivity contribution in [3.05, 3.63) is 41.7 Å². The second-order valence-corrected chi connectivity index (χ2v) is 8.16. The topological polar surface area (TPSA) is 76.5 Å². The summed E-state index contributed by atoms with van der Waals surface area (Å²) in [7, 11) is -3.59. The monoisotopic (exact) mass is 378 g/mol. The number of hydrogen-bond acceptors (Lipinski definition) is 5. The molecule has 0 aliphatic carbocycles. The highest BCUT2D eigenvalue weighted by Crippen LogP contribution is 2.22. The normalized spacial score (nSPS) is 16.1. The van der Waals surface area contributed by atoms with E-state index in [0.29, 0.717) is 17.9 Å². The van der Waals surface area contributed by atoms with Gasteiger partial charge in [0, 0.05) is 19.6 Å². The summed E-state index contributed by atoms with van der Waals surface area (Å²) in [6, 6.07) is 9.55. The summed E-state index contributed by atoms with van der Waals surface area (Å²) in [5.74, 6) is 0. The second kappa shape index (κ2) is 8.30. The van der Waals surface area contributed by atoms with Crippen LogP contribution >= 0.6 is 0 Å². The van der Waals surface area contributed by atoms with E-state index in [4.69, 9.17) is 4.74 Å². The number of aryl methyl sites for hydroxylation is 1. The van der Waals surface area contributed by atoms with Crippen molar-refractivity contribution < 1.29 is 13.2 Å². The minimum absolute atomic E-state index is 0.271. The molecule has 1 aromatic carbocycles. The molecule has 1 aliphatic heterocycles. The van der Waals surface area contributed by atoms with Crippen LogP contribution in [0, 0.1) is 13.8 Å². The Bertz CT molecular complexity index is 828. The summed E-state index contributed by atoms with van der Waals surface area (Å²) in [4.78, 5) is 2.56. The highest BCUT2D eigenvalue weighted by Gasteiger charge is 2.24. The van der Waals surface area contributed by atoms with Crippen LogP contribution in [0.25, 0.3) is 5.69 Å². The molecule has 0 unspecified atom stereocenters. The van der Waals surface area contributed by atoms with Crippen LogP contribution in [0.3, 0.4) is 0 Å². The van der Waals surface area contributed by atoms with Gasteiger partial charge in [-0.05, 0) is 38.9 Å². The standard InChI is InChI=1S/C18H26N4O3S/c1-15-18(16(2)22(20-15)17-7-4-3-5-8-17)26(23,24)19-9-6-10-21-11-13-25-14-12-21/h3-5,7-8,19H,6,9-14H2,1-2H3. The van der Waals surface area contributed by atoms with Crippen LogP contribution in [0.4, 0.5) is 0 Å². The van der Waals surface area contributed by atoms with Gasteiger partial charge in [0.05, 0.1) is 30.3 Å². The van der Waals surface area contributed by atoms with Crippen LogP contribution in [-0.4, -0.2) is 62.5 Å². The van der Waals surface area contributed by atoms with Gasteiger partial charge >= 0.3 is 0 Å². The molecule has 2 heterocycles. The number of nitrogens with zero attached hydrogens (tertiary/aromatic N) is 3. The van der Waals surface area contributed by atoms with Gasteiger partial charge in [0.25, 0.3) is 0 Å². The summed E-state index contributed by atoms with van der Waals surface area (Å²) >= 11 is 0. The highest BCUT2D eigenvalue weighted by molar-refractivity contribution is 7.89. The van der Waals surface area contributed by atoms with Crippen LogP contribution < -0.4 is 4.72 Å². The Balaban J connectivity index is 1.66. The van der Waals surface area contributed by atoms with Crippen LogP contribution in [0.1, 0.15) is 17.8 Å². The maximum atomic E-state index is 12.8. The molecule has 26 heavy (non-hydrogen) atoms. The van der Waals surface area contributed by atoms with Gasteiger partial charge in [0.2, 0.25) is 10.0 Å². The first-order valence-electron chi connectivity index (χ1n) is 8.90. The van der Waals surface area contributed by atoms with Gasteiger partial charge in [0.1, 0.15) is 4.90 Å². The van der Waals surface area contributed by atoms with Crippen LogP contribution in [0.5, 0.6) is 0 Å². The highest BCUT2D eigenvalue weighted by atomic mass is 32.2. The van der Waals surface area contributed by atoms with Gasteiger partial charge in [0.15, 0.2) is 0 Å². The summed E-state index contributed by atoms with van der Waals surface area (Å²) in [5, 5.41) is 4.42. The lowest BCUT2D eigenvalue weighted by Gasteiger charge is -2.26. The molecular weight excluding hydrogens is 352 g/mol. The SMILES string of the molecule is Cc1nn(-c2ccccc2)c(C)c1S(=O)(=O)NCCCN1CCOCC1. The molecule has 0 spiro atoms. The lowest BCUT2D eigenvalue weighted by Crippen LogP contribution is -2.38. The molecule has 1 N–H and O–H groups in total. The largest absolute Gasteiger partial charge is 0.379 e. The average molecular weight is 378 g/mol. The van der Waals surface area contributed by atoms with Crippen molar-refractivity contribution in [2.24, 2.45) is 0 Å². The summed E-state index contributed by atoms with van der Waals surface area (Å²) in [6.07, 6.45) is 0.768. The maximum Gasteiger partial charge on any atom is 0.244 e. The molecule has 0 atom stereocenters. The third kappa shape index (κ3) is 4.32. The molecule has 8 heteroatoms. The van der Waals surface area contributed by atoms with E-state index in [1.807, 2.05) is 30.3 Å². The zero-order valence-electron chi connectivity index (χ0n) is 15.3. The van der Waals surface area contributed by atoms with E-state index in [1.165, 1.54) is 0 Å². The summed E-state index contributed by atoms with van der Waals surface area (Å²) in [6.45, 7) is 8.13. The first kappa shape index (κ1) is 19.0. The number of rotatable bonds is 7. The fraction of sp³-hybridized carbons (Fsp3) is 0.500. The summed E-state index contributed by atoms with van der Waals surface area (Å²) in [5.41, 5.74) is 1.98. The Labute approximate surface area is 155 Å². The van der Waals surface area contributed by atoms with E-state index >= 15 is 0 Å². The number of nitrogens with one attached hydrogen (secondary N) is 1. The minimum Gasteiger partial charge on any atom is -0.379 e. The Morgan fingerprint density at radius 3 is 2.54 bits per heavy atom. The third-order valence-corrected chi connectivity index (χ3v) is 6.25. The lowest BCUT2D eigenvalue weighted by atomic mass is 10.3. The zero-order chi connectivity index (χ0) is 18.6. The van der Waals surface area contributed by atoms with Crippen molar-refractivity contribution in [1.82, 2.24) is 19.4 Å². The van der Waals surface area contributed by atoms with E-state index in [9.17, 15) is 8.42 Å². The van der Waals surface area contributed by atoms with E-state index < -0.39 is 10.0 Å². The molecule has 142 valence electrons. The Kier molecular flexibility index (Phi) is 6.08. The molecule has 0 saturated carbocycles. The fourth-order valence-electron chi connectivity index (χ4n) is 3.24. The molecule has 0 radical (unpaired) electrons. The number of aromatic nitrogens is 2. The Hall–Kier alpha value is -1.74. The number of sulfonamides is 1. The quantitative estimate of drug-likeness (QED) is 0.739. The Morgan fingerprint density at radius 2 is 1.85 bits per heavy atom. The molecule has 1 saturated heterocycles. The predicted molar refractivity (Wildman–Crippen MR) is 100 cm³/mol. The second-order valence-electron chi connectivity index (χ2n) is 6.45. The number of benzene rings is 1. The van der Waals surface area contributed by atoms with Gasteiger partial charge in [-0.15, -0.1) is 0 Å². The van der Waals surface area contributed by atoms with Crippen molar-refractivity contribution in [2.45, 2.75) is 25.2 Å². The molecule has 1 aliphatic rings. The lowest BCUT2D eigenvalue weighted by molar-refractivity contribution is 0.0376. The van der Waals surface area contributed by atoms with Gasteiger partial charge in [-0.3, -0.25) is 4.90 Å². The summed E-state index contributed by atoms with van der Waals surface area (Å²) < 4.78 is 35.3. The molecule has 1 aromatic heterocycles. The van der Waals surface area contributed by atoms with Crippen LogP contribution in [0.2, 0.25) is 0 Å². The molecule has 0 amide bonds. The molecule has 2 aromatic rings. The number of morpholine rings is 1. The van der Waals surface area contributed by atoms with Gasteiger partial charge < -0.3 is 4.74 Å². The fourth-order valence-corrected chi connectivity index (χ4v) is 4.71. The van der Waals surface area contributed by atoms with Crippen molar-refractivity contribution >= 4 is 10.0 Å². The maximum absolute atomic E-state index is 12.8. The third-order valence-electron chi connectivity index (χ3n) is 4.54.